The number of nitrogens with zero attached hydrogens (tertiary/aromatic N) is 4. The molecule has 3 aromatic rings. The van der Waals surface area contributed by atoms with Crippen LogP contribution in [-0.4, -0.2) is 34.8 Å². The molecule has 1 aliphatic rings. The molecule has 0 saturated carbocycles. The first-order valence-electron chi connectivity index (χ1n) is 8.09. The Hall–Kier alpha value is -2.56. The van der Waals surface area contributed by atoms with Crippen molar-refractivity contribution < 1.29 is 4.74 Å². The van der Waals surface area contributed by atoms with E-state index in [-0.39, 0.29) is 0 Å². The quantitative estimate of drug-likeness (QED) is 0.744. The van der Waals surface area contributed by atoms with Gasteiger partial charge in [-0.05, 0) is 37.5 Å². The molecule has 0 spiro atoms. The number of ether oxygens (including phenoxy) is 1. The van der Waals surface area contributed by atoms with Crippen molar-refractivity contribution in [2.24, 2.45) is 0 Å². The zero-order chi connectivity index (χ0) is 15.6. The van der Waals surface area contributed by atoms with Crippen LogP contribution in [0.4, 0.5) is 5.82 Å². The van der Waals surface area contributed by atoms with Crippen molar-refractivity contribution in [2.45, 2.75) is 19.3 Å². The Morgan fingerprint density at radius 3 is 2.78 bits per heavy atom. The van der Waals surface area contributed by atoms with Gasteiger partial charge in [0.2, 0.25) is 0 Å². The van der Waals surface area contributed by atoms with Gasteiger partial charge in [-0.2, -0.15) is 5.10 Å². The van der Waals surface area contributed by atoms with E-state index >= 15 is 0 Å². The van der Waals surface area contributed by atoms with Gasteiger partial charge in [-0.25, -0.2) is 9.50 Å². The molecule has 1 saturated heterocycles. The van der Waals surface area contributed by atoms with E-state index in [9.17, 15) is 0 Å². The maximum atomic E-state index is 5.31. The van der Waals surface area contributed by atoms with E-state index in [0.717, 1.165) is 41.4 Å². The van der Waals surface area contributed by atoms with Crippen molar-refractivity contribution in [3.8, 4) is 17.0 Å². The second-order valence-corrected chi connectivity index (χ2v) is 5.89. The first-order chi connectivity index (χ1) is 11.3. The van der Waals surface area contributed by atoms with Crippen LogP contribution in [0.15, 0.2) is 42.7 Å². The Kier molecular flexibility index (Phi) is 3.61. The highest BCUT2D eigenvalue weighted by molar-refractivity contribution is 5.75. The summed E-state index contributed by atoms with van der Waals surface area (Å²) in [6, 6.07) is 10.1. The first-order valence-corrected chi connectivity index (χ1v) is 8.09. The lowest BCUT2D eigenvalue weighted by Crippen LogP contribution is -2.30. The van der Waals surface area contributed by atoms with E-state index in [1.54, 1.807) is 7.11 Å². The van der Waals surface area contributed by atoms with Crippen LogP contribution in [0, 0.1) is 0 Å². The molecule has 0 radical (unpaired) electrons. The molecule has 0 bridgehead atoms. The highest BCUT2D eigenvalue weighted by Gasteiger charge is 2.17. The molecule has 2 aromatic heterocycles. The van der Waals surface area contributed by atoms with Gasteiger partial charge in [0.15, 0.2) is 5.82 Å². The molecule has 3 heterocycles. The minimum Gasteiger partial charge on any atom is -0.497 e. The third-order valence-electron chi connectivity index (χ3n) is 4.39. The molecular formula is C18H20N4O. The van der Waals surface area contributed by atoms with Crippen LogP contribution < -0.4 is 9.64 Å². The summed E-state index contributed by atoms with van der Waals surface area (Å²) in [5, 5.41) is 4.71. The maximum Gasteiger partial charge on any atom is 0.154 e. The smallest absolute Gasteiger partial charge is 0.154 e. The molecule has 0 atom stereocenters. The molecule has 4 rings (SSSR count). The fraction of sp³-hybridized carbons (Fsp3) is 0.333. The number of hydrogen-bond acceptors (Lipinski definition) is 4. The predicted molar refractivity (Wildman–Crippen MR) is 91.0 cm³/mol. The number of anilines is 1. The Morgan fingerprint density at radius 2 is 1.96 bits per heavy atom. The van der Waals surface area contributed by atoms with Gasteiger partial charge in [-0.3, -0.25) is 0 Å². The number of piperidine rings is 1. The second-order valence-electron chi connectivity index (χ2n) is 5.89. The van der Waals surface area contributed by atoms with Crippen LogP contribution in [-0.2, 0) is 0 Å². The molecule has 0 amide bonds. The molecule has 0 N–H and O–H groups in total. The van der Waals surface area contributed by atoms with Crippen LogP contribution in [0.1, 0.15) is 19.3 Å². The summed E-state index contributed by atoms with van der Waals surface area (Å²) in [6.07, 6.45) is 7.53. The monoisotopic (exact) mass is 308 g/mol. The minimum atomic E-state index is 0.842. The third-order valence-corrected chi connectivity index (χ3v) is 4.39. The van der Waals surface area contributed by atoms with Gasteiger partial charge in [0.1, 0.15) is 11.3 Å². The van der Waals surface area contributed by atoms with Gasteiger partial charge in [-0.15, -0.1) is 0 Å². The van der Waals surface area contributed by atoms with Crippen molar-refractivity contribution in [3.63, 3.8) is 0 Å². The first kappa shape index (κ1) is 14.1. The van der Waals surface area contributed by atoms with Crippen LogP contribution in [0.5, 0.6) is 5.75 Å². The Bertz CT molecular complexity index is 821. The molecule has 1 aliphatic heterocycles. The van der Waals surface area contributed by atoms with Gasteiger partial charge in [0.25, 0.3) is 0 Å². The van der Waals surface area contributed by atoms with Gasteiger partial charge in [0.05, 0.1) is 12.8 Å². The lowest BCUT2D eigenvalue weighted by molar-refractivity contribution is 0.415. The maximum absolute atomic E-state index is 5.31. The van der Waals surface area contributed by atoms with Crippen molar-refractivity contribution in [2.75, 3.05) is 25.1 Å². The van der Waals surface area contributed by atoms with E-state index in [4.69, 9.17) is 9.84 Å². The van der Waals surface area contributed by atoms with Crippen molar-refractivity contribution in [1.82, 2.24) is 14.6 Å². The molecule has 5 heteroatoms. The molecule has 0 aliphatic carbocycles. The number of benzene rings is 1. The summed E-state index contributed by atoms with van der Waals surface area (Å²) in [7, 11) is 1.68. The normalized spacial score (nSPS) is 15.1. The molecule has 23 heavy (non-hydrogen) atoms. The van der Waals surface area contributed by atoms with Crippen molar-refractivity contribution in [3.05, 3.63) is 42.7 Å². The number of aromatic nitrogens is 3. The van der Waals surface area contributed by atoms with E-state index in [2.05, 4.69) is 22.0 Å². The predicted octanol–water partition coefficient (Wildman–Crippen LogP) is 3.40. The van der Waals surface area contributed by atoms with Gasteiger partial charge in [-0.1, -0.05) is 12.1 Å². The summed E-state index contributed by atoms with van der Waals surface area (Å²) >= 11 is 0. The zero-order valence-electron chi connectivity index (χ0n) is 13.3. The standard InChI is InChI=1S/C18H20N4O/c1-23-15-7-5-6-14(12-15)16-13-17-18(19-8-11-22(17)20-16)21-9-3-2-4-10-21/h5-8,11-13H,2-4,9-10H2,1H3. The largest absolute Gasteiger partial charge is 0.497 e. The Labute approximate surface area is 135 Å². The topological polar surface area (TPSA) is 42.7 Å². The average Bonchev–Trinajstić information content (AvgIpc) is 3.07. The molecule has 118 valence electrons. The van der Waals surface area contributed by atoms with Gasteiger partial charge in [0, 0.05) is 31.0 Å². The van der Waals surface area contributed by atoms with E-state index in [1.807, 2.05) is 35.1 Å². The number of hydrogen-bond donors (Lipinski definition) is 0. The average molecular weight is 308 g/mol. The number of rotatable bonds is 3. The molecular weight excluding hydrogens is 288 g/mol. The minimum absolute atomic E-state index is 0.842. The molecule has 5 nitrogen and oxygen atoms in total. The molecule has 1 aromatic carbocycles. The fourth-order valence-electron chi connectivity index (χ4n) is 3.18. The summed E-state index contributed by atoms with van der Waals surface area (Å²) < 4.78 is 7.24. The van der Waals surface area contributed by atoms with Crippen LogP contribution in [0.2, 0.25) is 0 Å². The van der Waals surface area contributed by atoms with Crippen molar-refractivity contribution >= 4 is 11.3 Å². The van der Waals surface area contributed by atoms with E-state index in [0.29, 0.717) is 0 Å². The fourth-order valence-corrected chi connectivity index (χ4v) is 3.18. The molecule has 1 fully saturated rings. The number of fused-ring (bicyclic) bond motifs is 1. The van der Waals surface area contributed by atoms with E-state index < -0.39 is 0 Å². The Balaban J connectivity index is 1.78. The van der Waals surface area contributed by atoms with Crippen LogP contribution >= 0.6 is 0 Å². The highest BCUT2D eigenvalue weighted by Crippen LogP contribution is 2.28. The summed E-state index contributed by atoms with van der Waals surface area (Å²) in [5.74, 6) is 1.88. The highest BCUT2D eigenvalue weighted by atomic mass is 16.5. The SMILES string of the molecule is COc1cccc(-c2cc3c(N4CCCCC4)nccn3n2)c1. The Morgan fingerprint density at radius 1 is 1.09 bits per heavy atom. The van der Waals surface area contributed by atoms with E-state index in [1.165, 1.54) is 19.3 Å². The lowest BCUT2D eigenvalue weighted by atomic mass is 10.1. The lowest BCUT2D eigenvalue weighted by Gasteiger charge is -2.27. The molecule has 0 unspecified atom stereocenters. The zero-order valence-corrected chi connectivity index (χ0v) is 13.3. The van der Waals surface area contributed by atoms with Crippen LogP contribution in [0.3, 0.4) is 0 Å². The summed E-state index contributed by atoms with van der Waals surface area (Å²) in [4.78, 5) is 6.98. The summed E-state index contributed by atoms with van der Waals surface area (Å²) in [6.45, 7) is 2.15. The number of methoxy groups -OCH3 is 1. The summed E-state index contributed by atoms with van der Waals surface area (Å²) in [5.41, 5.74) is 3.06. The van der Waals surface area contributed by atoms with Crippen molar-refractivity contribution in [1.29, 1.82) is 0 Å². The van der Waals surface area contributed by atoms with Gasteiger partial charge >= 0.3 is 0 Å². The van der Waals surface area contributed by atoms with Gasteiger partial charge < -0.3 is 9.64 Å². The third kappa shape index (κ3) is 2.63. The van der Waals surface area contributed by atoms with Crippen LogP contribution in [0.25, 0.3) is 16.8 Å². The second kappa shape index (κ2) is 5.91.